The average molecular weight is 1320 g/mol. The van der Waals surface area contributed by atoms with E-state index in [1.54, 1.807) is 0 Å². The first-order chi connectivity index (χ1) is 42.5. The summed E-state index contributed by atoms with van der Waals surface area (Å²) in [5.74, 6) is -3.00. The first-order valence-corrected chi connectivity index (χ1v) is 28.9. The summed E-state index contributed by atoms with van der Waals surface area (Å²) >= 11 is 0. The van der Waals surface area contributed by atoms with Crippen molar-refractivity contribution in [2.45, 2.75) is 249 Å². The molecule has 39 nitrogen and oxygen atoms in total. The van der Waals surface area contributed by atoms with Crippen LogP contribution in [0.5, 0.6) is 0 Å². The Morgan fingerprint density at radius 3 is 0.944 bits per heavy atom. The molecule has 7 saturated heterocycles. The third-order valence-electron chi connectivity index (χ3n) is 16.4. The van der Waals surface area contributed by atoms with Crippen LogP contribution in [-0.2, 0) is 80.8 Å². The number of aliphatic hydroxyl groups excluding tert-OH is 18. The van der Waals surface area contributed by atoms with E-state index < -0.39 is 284 Å². The lowest BCUT2D eigenvalue weighted by Crippen LogP contribution is -2.71. The summed E-state index contributed by atoms with van der Waals surface area (Å²) in [5, 5.41) is 207. The number of hydrogen-bond acceptors (Lipinski definition) is 35. The average Bonchev–Trinajstić information content (AvgIpc) is 0.941. The maximum atomic E-state index is 12.8. The largest absolute Gasteiger partial charge is 0.394 e. The van der Waals surface area contributed by atoms with Crippen LogP contribution in [-0.4, -0.2) is 376 Å². The van der Waals surface area contributed by atoms with E-state index in [-0.39, 0.29) is 0 Å². The van der Waals surface area contributed by atoms with Gasteiger partial charge in [-0.25, -0.2) is 0 Å². The summed E-state index contributed by atoms with van der Waals surface area (Å²) in [7, 11) is 0. The molecule has 39 heteroatoms. The Kier molecular flexibility index (Phi) is 26.6. The van der Waals surface area contributed by atoms with Gasteiger partial charge in [-0.15, -0.1) is 0 Å². The molecule has 7 aliphatic rings. The van der Waals surface area contributed by atoms with Gasteiger partial charge in [0.1, 0.15) is 165 Å². The van der Waals surface area contributed by atoms with E-state index >= 15 is 0 Å². The lowest BCUT2D eigenvalue weighted by atomic mass is 9.93. The Bertz CT molecular complexity index is 2310. The molecule has 90 heavy (non-hydrogen) atoms. The maximum Gasteiger partial charge on any atom is 0.217 e. The smallest absolute Gasteiger partial charge is 0.217 e. The van der Waals surface area contributed by atoms with Crippen molar-refractivity contribution in [1.29, 1.82) is 0 Å². The highest BCUT2D eigenvalue weighted by molar-refractivity contribution is 5.74. The molecule has 0 aliphatic carbocycles. The van der Waals surface area contributed by atoms with Crippen molar-refractivity contribution in [3.63, 3.8) is 0 Å². The Morgan fingerprint density at radius 1 is 0.300 bits per heavy atom. The van der Waals surface area contributed by atoms with Crippen molar-refractivity contribution in [3.05, 3.63) is 0 Å². The second-order valence-corrected chi connectivity index (χ2v) is 22.9. The topological polar surface area (TPSA) is 601 Å². The fraction of sp³-hybridized carbons (Fsp3) is 0.922. The monoisotopic (exact) mass is 1310 g/mol. The fourth-order valence-electron chi connectivity index (χ4n) is 11.8. The Balaban J connectivity index is 1.06. The van der Waals surface area contributed by atoms with Gasteiger partial charge >= 0.3 is 0 Å². The van der Waals surface area contributed by atoms with Gasteiger partial charge in [0.05, 0.1) is 58.4 Å². The summed E-state index contributed by atoms with van der Waals surface area (Å²) < 4.78 is 75.9. The van der Waals surface area contributed by atoms with Crippen LogP contribution in [0.1, 0.15) is 34.6 Å². The molecule has 0 bridgehead atoms. The Hall–Kier alpha value is -3.36. The highest BCUT2D eigenvalue weighted by Crippen LogP contribution is 2.38. The second kappa shape index (κ2) is 32.4. The molecule has 7 aliphatic heterocycles. The minimum atomic E-state index is -2.25. The van der Waals surface area contributed by atoms with Crippen LogP contribution in [0.3, 0.4) is 0 Å². The SMILES string of the molecule is CC(=O)NC1C(C)OC(CO[C@@H]2OC(CO)[C@H](O[C@@H]3OC(CO)[C@H](O)[C@H](O[C@@H]4OC(CO)[C@H](O[C@@H]5OC(CO)[C@H](O)[C@H](O[C@@H]6OC(CO)[C@H](O[C@@H]7OC(CO)[C@H](O)[C@H](O)C7O)[C@H](O)C6NC(C)=O)C5O)[C@H](O)C4NC(C)=O)C3O)[C@H](O)C2NC(C)=O)[C@H](O)[C@@H]1O. The first kappa shape index (κ1) is 74.0. The summed E-state index contributed by atoms with van der Waals surface area (Å²) in [6, 6.07) is -6.21. The number of rotatable bonds is 23. The summed E-state index contributed by atoms with van der Waals surface area (Å²) in [6.07, 6.45) is -57.1. The van der Waals surface area contributed by atoms with E-state index in [0.29, 0.717) is 0 Å². The van der Waals surface area contributed by atoms with Crippen LogP contribution in [0.2, 0.25) is 0 Å². The third kappa shape index (κ3) is 16.5. The first-order valence-electron chi connectivity index (χ1n) is 28.9. The van der Waals surface area contributed by atoms with Crippen molar-refractivity contribution in [2.24, 2.45) is 0 Å². The van der Waals surface area contributed by atoms with Crippen LogP contribution >= 0.6 is 0 Å². The van der Waals surface area contributed by atoms with Crippen LogP contribution in [0.4, 0.5) is 0 Å². The predicted octanol–water partition coefficient (Wildman–Crippen LogP) is -14.6. The normalized spacial score (nSPS) is 47.6. The van der Waals surface area contributed by atoms with Crippen molar-refractivity contribution >= 4 is 23.6 Å². The zero-order valence-corrected chi connectivity index (χ0v) is 49.1. The molecule has 15 unspecified atom stereocenters. The Morgan fingerprint density at radius 2 is 0.589 bits per heavy atom. The van der Waals surface area contributed by atoms with Gasteiger partial charge in [0, 0.05) is 27.7 Å². The van der Waals surface area contributed by atoms with Gasteiger partial charge in [-0.2, -0.15) is 0 Å². The number of aliphatic hydroxyl groups is 18. The molecule has 22 N–H and O–H groups in total. The zero-order valence-electron chi connectivity index (χ0n) is 49.1. The molecule has 520 valence electrons. The van der Waals surface area contributed by atoms with Crippen molar-refractivity contribution in [1.82, 2.24) is 21.3 Å². The van der Waals surface area contributed by atoms with E-state index in [2.05, 4.69) is 21.3 Å². The number of amides is 4. The van der Waals surface area contributed by atoms with Gasteiger partial charge < -0.3 is 175 Å². The number of nitrogens with one attached hydrogen (secondary N) is 4. The molecular weight excluding hydrogens is 1230 g/mol. The minimum absolute atomic E-state index is 0.513. The molecule has 0 aromatic heterocycles. The van der Waals surface area contributed by atoms with Gasteiger partial charge in [0.2, 0.25) is 23.6 Å². The minimum Gasteiger partial charge on any atom is -0.394 e. The van der Waals surface area contributed by atoms with E-state index in [1.165, 1.54) is 13.8 Å². The molecule has 0 radical (unpaired) electrons. The van der Waals surface area contributed by atoms with Crippen molar-refractivity contribution in [2.75, 3.05) is 46.2 Å². The maximum absolute atomic E-state index is 12.8. The molecule has 7 fully saturated rings. The highest BCUT2D eigenvalue weighted by Gasteiger charge is 2.59. The van der Waals surface area contributed by atoms with E-state index in [1.807, 2.05) is 0 Å². The molecule has 35 atom stereocenters. The lowest BCUT2D eigenvalue weighted by molar-refractivity contribution is -0.386. The summed E-state index contributed by atoms with van der Waals surface area (Å²) in [5.41, 5.74) is 0. The van der Waals surface area contributed by atoms with E-state index in [4.69, 9.17) is 61.6 Å². The molecule has 0 spiro atoms. The summed E-state index contributed by atoms with van der Waals surface area (Å²) in [6.45, 7) is -0.835. The third-order valence-corrected chi connectivity index (χ3v) is 16.4. The standard InChI is InChI=1S/C51H86N4O35/c1-13-25(52-14(2)62)33(70)30(67)24(79-13)12-78-46-26(53-15(3)63)34(71)41(21(9-59)83-46)87-50-39(76)44(31(68)19(7-57)81-50)90-48-28(55-17(5)65)36(73)43(23(11-61)85-48)88-51-40(77)45(32(69)20(8-58)82-51)89-47-27(54-16(4)64)35(72)42(22(10-60)84-47)86-49-38(75)37(74)29(66)18(6-56)80-49/h13,18-51,56-61,66-77H,6-12H2,1-5H3,(H,52,62)(H,53,63)(H,54,64)(H,55,65)/t13?,18?,19?,20?,21?,22?,23?,24?,25?,26?,27?,28?,29-,30-,31-,32-,33+,34+,35+,36+,37-,38?,39?,40?,41-,42-,43-,44-,45-,46+,47-,48-,49-,50-,51-/m0/s1. The zero-order chi connectivity index (χ0) is 66.5. The quantitative estimate of drug-likeness (QED) is 0.0452. The van der Waals surface area contributed by atoms with E-state index in [0.717, 1.165) is 20.8 Å². The number of carbonyl (C=O) groups is 4. The van der Waals surface area contributed by atoms with Crippen LogP contribution in [0, 0.1) is 0 Å². The predicted molar refractivity (Wildman–Crippen MR) is 282 cm³/mol. The second-order valence-electron chi connectivity index (χ2n) is 22.9. The molecular formula is C51H86N4O35. The Labute approximate surface area is 512 Å². The van der Waals surface area contributed by atoms with Crippen LogP contribution in [0.25, 0.3) is 0 Å². The van der Waals surface area contributed by atoms with Crippen molar-refractivity contribution < 1.29 is 173 Å². The summed E-state index contributed by atoms with van der Waals surface area (Å²) in [4.78, 5) is 49.6. The molecule has 7 rings (SSSR count). The number of hydrogen-bond donors (Lipinski definition) is 22. The van der Waals surface area contributed by atoms with Crippen molar-refractivity contribution in [3.8, 4) is 0 Å². The van der Waals surface area contributed by atoms with Gasteiger partial charge in [0.25, 0.3) is 0 Å². The van der Waals surface area contributed by atoms with Gasteiger partial charge in [-0.3, -0.25) is 19.2 Å². The number of ether oxygens (including phenoxy) is 13. The van der Waals surface area contributed by atoms with E-state index in [9.17, 15) is 111 Å². The molecule has 0 saturated carbocycles. The fourth-order valence-corrected chi connectivity index (χ4v) is 11.8. The molecule has 4 amide bonds. The van der Waals surface area contributed by atoms with Crippen LogP contribution < -0.4 is 21.3 Å². The van der Waals surface area contributed by atoms with Gasteiger partial charge in [0.15, 0.2) is 37.7 Å². The molecule has 7 heterocycles. The molecule has 0 aromatic rings. The molecule has 0 aromatic carbocycles. The number of carbonyl (C=O) groups excluding carboxylic acids is 4. The van der Waals surface area contributed by atoms with Crippen LogP contribution in [0.15, 0.2) is 0 Å². The lowest BCUT2D eigenvalue weighted by Gasteiger charge is -2.51. The highest BCUT2D eigenvalue weighted by atomic mass is 16.8. The van der Waals surface area contributed by atoms with Gasteiger partial charge in [-0.1, -0.05) is 0 Å². The van der Waals surface area contributed by atoms with Gasteiger partial charge in [-0.05, 0) is 6.92 Å².